The van der Waals surface area contributed by atoms with Crippen LogP contribution in [0.3, 0.4) is 0 Å². The Labute approximate surface area is 162 Å². The van der Waals surface area contributed by atoms with Crippen molar-refractivity contribution >= 4 is 11.9 Å². The molecule has 0 amide bonds. The highest BCUT2D eigenvalue weighted by Crippen LogP contribution is 2.67. The predicted molar refractivity (Wildman–Crippen MR) is 92.8 cm³/mol. The Morgan fingerprint density at radius 2 is 2.04 bits per heavy atom. The lowest BCUT2D eigenvalue weighted by Crippen LogP contribution is -2.51. The summed E-state index contributed by atoms with van der Waals surface area (Å²) in [7, 11) is 0. The minimum atomic E-state index is -1.23. The van der Waals surface area contributed by atoms with Gasteiger partial charge in [-0.05, 0) is 20.8 Å². The summed E-state index contributed by atoms with van der Waals surface area (Å²) in [6.45, 7) is 9.27. The van der Waals surface area contributed by atoms with Crippen LogP contribution >= 0.6 is 0 Å². The van der Waals surface area contributed by atoms with Crippen molar-refractivity contribution in [3.8, 4) is 0 Å². The Balaban J connectivity index is 1.61. The molecule has 5 aliphatic rings. The third-order valence-electron chi connectivity index (χ3n) is 7.44. The Bertz CT molecular complexity index is 813. The van der Waals surface area contributed by atoms with Gasteiger partial charge >= 0.3 is 11.9 Å². The lowest BCUT2D eigenvalue weighted by Gasteiger charge is -2.34. The first-order valence-electron chi connectivity index (χ1n) is 9.59. The molecule has 8 nitrogen and oxygen atoms in total. The number of ether oxygens (including phenoxy) is 4. The van der Waals surface area contributed by atoms with E-state index in [2.05, 4.69) is 6.58 Å². The van der Waals surface area contributed by atoms with Crippen molar-refractivity contribution in [2.24, 2.45) is 17.8 Å². The fraction of sp³-hybridized carbons (Fsp3) is 0.700. The molecule has 1 spiro atoms. The maximum Gasteiger partial charge on any atom is 0.334 e. The fourth-order valence-electron chi connectivity index (χ4n) is 5.68. The van der Waals surface area contributed by atoms with Crippen molar-refractivity contribution in [3.05, 3.63) is 23.8 Å². The van der Waals surface area contributed by atoms with Gasteiger partial charge in [0, 0.05) is 23.0 Å². The molecule has 8 heteroatoms. The van der Waals surface area contributed by atoms with E-state index in [1.54, 1.807) is 19.9 Å². The van der Waals surface area contributed by atoms with Crippen LogP contribution in [0.5, 0.6) is 0 Å². The molecule has 10 unspecified atom stereocenters. The van der Waals surface area contributed by atoms with Crippen LogP contribution in [0.1, 0.15) is 20.8 Å². The van der Waals surface area contributed by atoms with Crippen molar-refractivity contribution in [3.63, 3.8) is 0 Å². The molecule has 0 bridgehead atoms. The van der Waals surface area contributed by atoms with Gasteiger partial charge in [0.15, 0.2) is 0 Å². The Kier molecular flexibility index (Phi) is 3.56. The maximum atomic E-state index is 12.5. The van der Waals surface area contributed by atoms with Crippen LogP contribution in [0.15, 0.2) is 23.8 Å². The van der Waals surface area contributed by atoms with Gasteiger partial charge in [-0.3, -0.25) is 0 Å². The highest BCUT2D eigenvalue weighted by Gasteiger charge is 2.83. The van der Waals surface area contributed by atoms with Gasteiger partial charge in [0.05, 0.1) is 18.6 Å². The number of carbonyl (C=O) groups is 2. The molecule has 5 fully saturated rings. The lowest BCUT2D eigenvalue weighted by atomic mass is 9.75. The molecule has 0 aromatic carbocycles. The summed E-state index contributed by atoms with van der Waals surface area (Å²) in [5, 5.41) is 22.1. The van der Waals surface area contributed by atoms with Gasteiger partial charge in [-0.15, -0.1) is 0 Å². The van der Waals surface area contributed by atoms with E-state index < -0.39 is 71.4 Å². The number of epoxide rings is 2. The SMILES string of the molecule is C=C1C(=O)OC2C1C(OC(=O)C(C)=CC)C(O)C1(CO1)C1C(O)C3OC3(C)C21. The highest BCUT2D eigenvalue weighted by atomic mass is 16.6. The smallest absolute Gasteiger partial charge is 0.334 e. The number of hydrogen-bond donors (Lipinski definition) is 2. The van der Waals surface area contributed by atoms with Crippen molar-refractivity contribution in [1.82, 2.24) is 0 Å². The van der Waals surface area contributed by atoms with Crippen LogP contribution in [0.4, 0.5) is 0 Å². The quantitative estimate of drug-likeness (QED) is 0.379. The summed E-state index contributed by atoms with van der Waals surface area (Å²) >= 11 is 0. The largest absolute Gasteiger partial charge is 0.458 e. The molecule has 0 aromatic rings. The average Bonchev–Trinajstić information content (AvgIpc) is 3.55. The van der Waals surface area contributed by atoms with Crippen LogP contribution in [0.2, 0.25) is 0 Å². The summed E-state index contributed by atoms with van der Waals surface area (Å²) in [6.07, 6.45) is -2.68. The minimum absolute atomic E-state index is 0.152. The lowest BCUT2D eigenvalue weighted by molar-refractivity contribution is -0.158. The van der Waals surface area contributed by atoms with Crippen LogP contribution in [0, 0.1) is 17.8 Å². The number of esters is 2. The van der Waals surface area contributed by atoms with E-state index in [1.165, 1.54) is 0 Å². The van der Waals surface area contributed by atoms with Crippen LogP contribution in [-0.2, 0) is 28.5 Å². The van der Waals surface area contributed by atoms with Gasteiger partial charge < -0.3 is 29.2 Å². The van der Waals surface area contributed by atoms with Gasteiger partial charge in [-0.2, -0.15) is 0 Å². The number of rotatable bonds is 2. The molecule has 28 heavy (non-hydrogen) atoms. The maximum absolute atomic E-state index is 12.5. The first-order valence-corrected chi connectivity index (χ1v) is 9.59. The summed E-state index contributed by atoms with van der Waals surface area (Å²) in [6, 6.07) is 0. The molecule has 10 atom stereocenters. The van der Waals surface area contributed by atoms with E-state index in [-0.39, 0.29) is 12.2 Å². The number of aliphatic hydroxyl groups excluding tert-OH is 2. The zero-order chi connectivity index (χ0) is 20.2. The van der Waals surface area contributed by atoms with E-state index in [0.29, 0.717) is 5.57 Å². The first-order chi connectivity index (χ1) is 13.2. The predicted octanol–water partition coefficient (Wildman–Crippen LogP) is -0.130. The number of aliphatic hydroxyl groups is 2. The van der Waals surface area contributed by atoms with E-state index in [0.717, 1.165) is 0 Å². The second-order valence-corrected chi connectivity index (χ2v) is 8.72. The monoisotopic (exact) mass is 392 g/mol. The van der Waals surface area contributed by atoms with E-state index >= 15 is 0 Å². The zero-order valence-electron chi connectivity index (χ0n) is 16.0. The van der Waals surface area contributed by atoms with Crippen LogP contribution < -0.4 is 0 Å². The second-order valence-electron chi connectivity index (χ2n) is 8.72. The van der Waals surface area contributed by atoms with E-state index in [4.69, 9.17) is 18.9 Å². The molecular weight excluding hydrogens is 368 g/mol. The molecule has 2 aliphatic carbocycles. The summed E-state index contributed by atoms with van der Waals surface area (Å²) < 4.78 is 22.8. The van der Waals surface area contributed by atoms with Gasteiger partial charge in [-0.1, -0.05) is 12.7 Å². The van der Waals surface area contributed by atoms with Gasteiger partial charge in [0.2, 0.25) is 0 Å². The summed E-state index contributed by atoms with van der Waals surface area (Å²) in [5.41, 5.74) is -1.21. The Morgan fingerprint density at radius 1 is 1.36 bits per heavy atom. The third-order valence-corrected chi connectivity index (χ3v) is 7.44. The molecule has 3 heterocycles. The molecule has 152 valence electrons. The van der Waals surface area contributed by atoms with Crippen molar-refractivity contribution in [2.45, 2.75) is 62.5 Å². The number of fused-ring (bicyclic) bond motifs is 6. The van der Waals surface area contributed by atoms with Crippen LogP contribution in [-0.4, -0.2) is 70.5 Å². The number of carbonyl (C=O) groups excluding carboxylic acids is 2. The molecular formula is C20H24O8. The molecule has 2 saturated carbocycles. The number of hydrogen-bond acceptors (Lipinski definition) is 8. The summed E-state index contributed by atoms with van der Waals surface area (Å²) in [5.74, 6) is -2.81. The molecule has 3 aliphatic heterocycles. The van der Waals surface area contributed by atoms with E-state index in [1.807, 2.05) is 6.92 Å². The molecule has 5 rings (SSSR count). The Hall–Kier alpha value is -1.74. The second kappa shape index (κ2) is 5.44. The molecule has 2 N–H and O–H groups in total. The third kappa shape index (κ3) is 2.04. The van der Waals surface area contributed by atoms with Crippen molar-refractivity contribution in [1.29, 1.82) is 0 Å². The van der Waals surface area contributed by atoms with Crippen molar-refractivity contribution < 1.29 is 38.7 Å². The van der Waals surface area contributed by atoms with Gasteiger partial charge in [-0.25, -0.2) is 9.59 Å². The fourth-order valence-corrected chi connectivity index (χ4v) is 5.68. The van der Waals surface area contributed by atoms with Gasteiger partial charge in [0.1, 0.15) is 35.6 Å². The number of allylic oxidation sites excluding steroid dienone is 1. The van der Waals surface area contributed by atoms with Crippen molar-refractivity contribution in [2.75, 3.05) is 6.61 Å². The molecule has 0 aromatic heterocycles. The summed E-state index contributed by atoms with van der Waals surface area (Å²) in [4.78, 5) is 24.8. The molecule has 3 saturated heterocycles. The van der Waals surface area contributed by atoms with Crippen LogP contribution in [0.25, 0.3) is 0 Å². The van der Waals surface area contributed by atoms with E-state index in [9.17, 15) is 19.8 Å². The first kappa shape index (κ1) is 18.3. The standard InChI is InChI=1S/C20H24O8/c1-5-7(2)17(23)27-14-9-8(3)18(24)26-13(9)11-10(20(6-25-20)15(14)22)12(21)16-19(11,4)28-16/h5,9-16,21-22H,3,6H2,1-2,4H3. The average molecular weight is 392 g/mol. The highest BCUT2D eigenvalue weighted by molar-refractivity contribution is 5.92. The van der Waals surface area contributed by atoms with Gasteiger partial charge in [0.25, 0.3) is 0 Å². The normalized spacial score (nSPS) is 53.8. The Morgan fingerprint density at radius 3 is 2.64 bits per heavy atom. The molecule has 0 radical (unpaired) electrons. The zero-order valence-corrected chi connectivity index (χ0v) is 16.0. The topological polar surface area (TPSA) is 118 Å². The minimum Gasteiger partial charge on any atom is -0.458 e.